The van der Waals surface area contributed by atoms with Crippen molar-refractivity contribution in [3.05, 3.63) is 77.4 Å². The monoisotopic (exact) mass is 431 g/mol. The van der Waals surface area contributed by atoms with E-state index in [2.05, 4.69) is 20.6 Å². The molecule has 0 aliphatic carbocycles. The van der Waals surface area contributed by atoms with Gasteiger partial charge >= 0.3 is 5.97 Å². The zero-order chi connectivity index (χ0) is 22.7. The molecule has 3 aromatic heterocycles. The Kier molecular flexibility index (Phi) is 5.80. The molecule has 0 unspecified atom stereocenters. The molecule has 1 amide bonds. The molecule has 4 aromatic rings. The summed E-state index contributed by atoms with van der Waals surface area (Å²) in [4.78, 5) is 29.3. The van der Waals surface area contributed by atoms with Crippen LogP contribution in [0.5, 0.6) is 0 Å². The lowest BCUT2D eigenvalue weighted by Gasteiger charge is -2.09. The van der Waals surface area contributed by atoms with Crippen LogP contribution in [0.4, 0.5) is 5.69 Å². The van der Waals surface area contributed by atoms with Gasteiger partial charge in [-0.3, -0.25) is 4.79 Å². The van der Waals surface area contributed by atoms with Gasteiger partial charge in [0.15, 0.2) is 11.5 Å². The molecule has 0 aliphatic heterocycles. The highest BCUT2D eigenvalue weighted by Gasteiger charge is 2.20. The van der Waals surface area contributed by atoms with Gasteiger partial charge in [-0.15, -0.1) is 0 Å². The molecular formula is C23H21N5O4. The maximum absolute atomic E-state index is 12.7. The van der Waals surface area contributed by atoms with Crippen molar-refractivity contribution in [3.8, 4) is 17.1 Å². The number of carbonyl (C=O) groups is 2. The van der Waals surface area contributed by atoms with Crippen LogP contribution in [0.3, 0.4) is 0 Å². The van der Waals surface area contributed by atoms with Crippen molar-refractivity contribution in [2.45, 2.75) is 20.8 Å². The van der Waals surface area contributed by atoms with Crippen molar-refractivity contribution >= 4 is 17.6 Å². The molecule has 162 valence electrons. The summed E-state index contributed by atoms with van der Waals surface area (Å²) in [6.07, 6.45) is 1.64. The smallest absolute Gasteiger partial charge is 0.358 e. The Hall–Kier alpha value is -4.27. The van der Waals surface area contributed by atoms with Gasteiger partial charge < -0.3 is 14.6 Å². The van der Waals surface area contributed by atoms with Gasteiger partial charge in [0, 0.05) is 17.4 Å². The van der Waals surface area contributed by atoms with Crippen LogP contribution in [-0.2, 0) is 4.74 Å². The van der Waals surface area contributed by atoms with Crippen molar-refractivity contribution in [1.29, 1.82) is 0 Å². The lowest BCUT2D eigenvalue weighted by molar-refractivity contribution is 0.0518. The van der Waals surface area contributed by atoms with Crippen molar-refractivity contribution < 1.29 is 18.8 Å². The molecule has 32 heavy (non-hydrogen) atoms. The minimum absolute atomic E-state index is 0.165. The molecule has 9 nitrogen and oxygen atoms in total. The Labute approximate surface area is 184 Å². The lowest BCUT2D eigenvalue weighted by atomic mass is 10.1. The number of nitrogens with one attached hydrogen (secondary N) is 1. The fourth-order valence-electron chi connectivity index (χ4n) is 3.30. The molecule has 0 saturated carbocycles. The molecule has 0 radical (unpaired) electrons. The summed E-state index contributed by atoms with van der Waals surface area (Å²) in [7, 11) is 0. The van der Waals surface area contributed by atoms with E-state index in [0.29, 0.717) is 34.2 Å². The van der Waals surface area contributed by atoms with E-state index in [1.165, 1.54) is 0 Å². The highest BCUT2D eigenvalue weighted by molar-refractivity contribution is 6.05. The van der Waals surface area contributed by atoms with Crippen LogP contribution in [0.25, 0.3) is 17.1 Å². The van der Waals surface area contributed by atoms with E-state index in [9.17, 15) is 9.59 Å². The van der Waals surface area contributed by atoms with Gasteiger partial charge in [0.2, 0.25) is 0 Å². The molecule has 0 fully saturated rings. The zero-order valence-corrected chi connectivity index (χ0v) is 17.8. The van der Waals surface area contributed by atoms with Crippen LogP contribution in [0.1, 0.15) is 39.2 Å². The van der Waals surface area contributed by atoms with E-state index in [0.717, 1.165) is 5.56 Å². The molecule has 3 heterocycles. The van der Waals surface area contributed by atoms with Crippen molar-refractivity contribution in [2.24, 2.45) is 0 Å². The van der Waals surface area contributed by atoms with Crippen LogP contribution >= 0.6 is 0 Å². The third kappa shape index (κ3) is 4.13. The molecule has 0 atom stereocenters. The number of esters is 1. The average molecular weight is 431 g/mol. The van der Waals surface area contributed by atoms with Gasteiger partial charge in [-0.1, -0.05) is 23.4 Å². The fourth-order valence-corrected chi connectivity index (χ4v) is 3.30. The van der Waals surface area contributed by atoms with Crippen LogP contribution in [0, 0.1) is 13.8 Å². The molecule has 0 saturated heterocycles. The van der Waals surface area contributed by atoms with E-state index in [1.807, 2.05) is 12.1 Å². The number of aryl methyl sites for hydroxylation is 2. The molecule has 4 rings (SSSR count). The number of nitrogens with zero attached hydrogens (tertiary/aromatic N) is 4. The van der Waals surface area contributed by atoms with Crippen LogP contribution < -0.4 is 5.32 Å². The molecule has 0 aliphatic rings. The second-order valence-corrected chi connectivity index (χ2v) is 6.97. The normalized spacial score (nSPS) is 10.7. The Bertz CT molecular complexity index is 1260. The first-order valence-corrected chi connectivity index (χ1v) is 10.0. The molecule has 1 aromatic carbocycles. The number of benzene rings is 1. The van der Waals surface area contributed by atoms with E-state index in [1.54, 1.807) is 68.0 Å². The second kappa shape index (κ2) is 8.84. The van der Waals surface area contributed by atoms with Crippen molar-refractivity contribution in [3.63, 3.8) is 0 Å². The number of rotatable bonds is 6. The van der Waals surface area contributed by atoms with Gasteiger partial charge in [0.25, 0.3) is 5.91 Å². The summed E-state index contributed by atoms with van der Waals surface area (Å²) in [6.45, 7) is 5.38. The molecule has 9 heteroatoms. The SMILES string of the molecule is CCOC(=O)c1cc(-c2cccc(NC(=O)c3c(C)noc3C)c2)n(-c2ccccn2)n1. The van der Waals surface area contributed by atoms with Crippen molar-refractivity contribution in [2.75, 3.05) is 11.9 Å². The predicted octanol–water partition coefficient (Wildman–Crippen LogP) is 3.97. The lowest BCUT2D eigenvalue weighted by Crippen LogP contribution is -2.13. The van der Waals surface area contributed by atoms with E-state index in [-0.39, 0.29) is 18.2 Å². The highest BCUT2D eigenvalue weighted by Crippen LogP contribution is 2.27. The molecule has 1 N–H and O–H groups in total. The van der Waals surface area contributed by atoms with Gasteiger partial charge in [-0.25, -0.2) is 14.5 Å². The van der Waals surface area contributed by atoms with Crippen LogP contribution in [-0.4, -0.2) is 38.4 Å². The van der Waals surface area contributed by atoms with Gasteiger partial charge in [0.1, 0.15) is 11.3 Å². The number of amides is 1. The first kappa shape index (κ1) is 21.0. The molecule has 0 spiro atoms. The minimum atomic E-state index is -0.522. The van der Waals surface area contributed by atoms with Crippen molar-refractivity contribution in [1.82, 2.24) is 19.9 Å². The zero-order valence-electron chi connectivity index (χ0n) is 17.8. The second-order valence-electron chi connectivity index (χ2n) is 6.97. The first-order valence-electron chi connectivity index (χ1n) is 10.0. The summed E-state index contributed by atoms with van der Waals surface area (Å²) >= 11 is 0. The fraction of sp³-hybridized carbons (Fsp3) is 0.174. The third-order valence-corrected chi connectivity index (χ3v) is 4.74. The number of aromatic nitrogens is 4. The van der Waals surface area contributed by atoms with Gasteiger partial charge in [-0.2, -0.15) is 5.10 Å². The summed E-state index contributed by atoms with van der Waals surface area (Å²) in [5.41, 5.74) is 3.01. The average Bonchev–Trinajstić information content (AvgIpc) is 3.38. The van der Waals surface area contributed by atoms with E-state index >= 15 is 0 Å². The Balaban J connectivity index is 1.72. The third-order valence-electron chi connectivity index (χ3n) is 4.74. The topological polar surface area (TPSA) is 112 Å². The molecular weight excluding hydrogens is 410 g/mol. The maximum Gasteiger partial charge on any atom is 0.358 e. The number of pyridine rings is 1. The Morgan fingerprint density at radius 3 is 2.66 bits per heavy atom. The summed E-state index contributed by atoms with van der Waals surface area (Å²) in [5.74, 6) is 0.154. The van der Waals surface area contributed by atoms with E-state index in [4.69, 9.17) is 9.26 Å². The quantitative estimate of drug-likeness (QED) is 0.460. The Morgan fingerprint density at radius 1 is 1.12 bits per heavy atom. The van der Waals surface area contributed by atoms with Gasteiger partial charge in [-0.05, 0) is 51.1 Å². The van der Waals surface area contributed by atoms with Crippen LogP contribution in [0.15, 0.2) is 59.3 Å². The summed E-state index contributed by atoms with van der Waals surface area (Å²) < 4.78 is 11.8. The minimum Gasteiger partial charge on any atom is -0.461 e. The number of anilines is 1. The first-order chi connectivity index (χ1) is 15.5. The molecule has 0 bridgehead atoms. The number of ether oxygens (including phenoxy) is 1. The van der Waals surface area contributed by atoms with E-state index < -0.39 is 5.97 Å². The number of hydrogen-bond donors (Lipinski definition) is 1. The predicted molar refractivity (Wildman–Crippen MR) is 117 cm³/mol. The number of hydrogen-bond acceptors (Lipinski definition) is 7. The van der Waals surface area contributed by atoms with Gasteiger partial charge in [0.05, 0.1) is 18.0 Å². The Morgan fingerprint density at radius 2 is 1.97 bits per heavy atom. The summed E-state index contributed by atoms with van der Waals surface area (Å²) in [5, 5.41) is 11.1. The van der Waals surface area contributed by atoms with Crippen LogP contribution in [0.2, 0.25) is 0 Å². The highest BCUT2D eigenvalue weighted by atomic mass is 16.5. The number of carbonyl (C=O) groups excluding carboxylic acids is 2. The standard InChI is InChI=1S/C23H21N5O4/c1-4-31-23(30)18-13-19(28(26-18)20-10-5-6-11-24-20)16-8-7-9-17(12-16)25-22(29)21-14(2)27-32-15(21)3/h5-13H,4H2,1-3H3,(H,25,29). The maximum atomic E-state index is 12.7. The largest absolute Gasteiger partial charge is 0.461 e. The summed E-state index contributed by atoms with van der Waals surface area (Å²) in [6, 6.07) is 14.3.